The number of nitrogens with zero attached hydrogens (tertiary/aromatic N) is 2. The summed E-state index contributed by atoms with van der Waals surface area (Å²) >= 11 is 2.05. The van der Waals surface area contributed by atoms with Gasteiger partial charge in [0.15, 0.2) is 5.13 Å². The molecule has 0 spiro atoms. The lowest BCUT2D eigenvalue weighted by molar-refractivity contribution is -0.137. The molecule has 0 saturated carbocycles. The van der Waals surface area contributed by atoms with Crippen molar-refractivity contribution in [1.82, 2.24) is 4.98 Å². The first kappa shape index (κ1) is 12.8. The summed E-state index contributed by atoms with van der Waals surface area (Å²) in [7, 11) is 0. The lowest BCUT2D eigenvalue weighted by Crippen LogP contribution is -2.31. The molecule has 0 aliphatic rings. The minimum atomic E-state index is -1.04. The molecular weight excluding hydrogens is 274 g/mol. The Labute approximate surface area is 111 Å². The minimum Gasteiger partial charge on any atom is -0.480 e. The Kier molecular flexibility index (Phi) is 4.11. The number of anilines is 1. The summed E-state index contributed by atoms with van der Waals surface area (Å²) in [6.07, 6.45) is 0. The molecule has 2 aromatic rings. The zero-order chi connectivity index (χ0) is 13.0. The average Bonchev–Trinajstić information content (AvgIpc) is 2.76. The van der Waals surface area contributed by atoms with Crippen molar-refractivity contribution in [2.45, 2.75) is 6.04 Å². The molecule has 0 amide bonds. The highest BCUT2D eigenvalue weighted by atomic mass is 32.2. The van der Waals surface area contributed by atoms with Crippen molar-refractivity contribution in [3.63, 3.8) is 0 Å². The summed E-state index contributed by atoms with van der Waals surface area (Å²) < 4.78 is 3.57. The lowest BCUT2D eigenvalue weighted by Gasteiger charge is -2.10. The molecule has 18 heavy (non-hydrogen) atoms. The molecule has 8 heteroatoms. The van der Waals surface area contributed by atoms with Gasteiger partial charge in [-0.05, 0) is 12.1 Å². The number of nitroso groups, excluding NO2 is 1. The van der Waals surface area contributed by atoms with E-state index in [1.165, 1.54) is 11.3 Å². The summed E-state index contributed by atoms with van der Waals surface area (Å²) in [5.74, 6) is -0.972. The normalized spacial score (nSPS) is 12.2. The molecule has 1 heterocycles. The minimum absolute atomic E-state index is 0.0642. The van der Waals surface area contributed by atoms with Crippen LogP contribution in [-0.2, 0) is 4.79 Å². The van der Waals surface area contributed by atoms with Crippen LogP contribution < -0.4 is 5.32 Å². The summed E-state index contributed by atoms with van der Waals surface area (Å²) in [6.45, 7) is 0. The largest absolute Gasteiger partial charge is 0.480 e. The highest BCUT2D eigenvalue weighted by Gasteiger charge is 2.19. The smallest absolute Gasteiger partial charge is 0.327 e. The van der Waals surface area contributed by atoms with Gasteiger partial charge in [-0.3, -0.25) is 0 Å². The Balaban J connectivity index is 2.14. The van der Waals surface area contributed by atoms with Crippen LogP contribution in [0.25, 0.3) is 10.2 Å². The third-order valence-electron chi connectivity index (χ3n) is 2.18. The molecule has 1 aromatic heterocycles. The van der Waals surface area contributed by atoms with Crippen molar-refractivity contribution in [1.29, 1.82) is 0 Å². The van der Waals surface area contributed by atoms with Crippen molar-refractivity contribution in [2.75, 3.05) is 11.1 Å². The summed E-state index contributed by atoms with van der Waals surface area (Å²) in [5.41, 5.74) is 0.815. The van der Waals surface area contributed by atoms with Crippen molar-refractivity contribution in [2.24, 2.45) is 4.58 Å². The van der Waals surface area contributed by atoms with E-state index in [2.05, 4.69) is 14.9 Å². The zero-order valence-electron chi connectivity index (χ0n) is 9.07. The third kappa shape index (κ3) is 2.96. The van der Waals surface area contributed by atoms with E-state index >= 15 is 0 Å². The predicted octanol–water partition coefficient (Wildman–Crippen LogP) is 2.58. The highest BCUT2D eigenvalue weighted by Crippen LogP contribution is 2.26. The van der Waals surface area contributed by atoms with E-state index in [-0.39, 0.29) is 5.75 Å². The first-order valence-corrected chi connectivity index (χ1v) is 6.76. The van der Waals surface area contributed by atoms with E-state index in [1.807, 2.05) is 24.3 Å². The topological polar surface area (TPSA) is 91.7 Å². The molecule has 1 aromatic carbocycles. The van der Waals surface area contributed by atoms with Gasteiger partial charge in [-0.15, -0.1) is 4.91 Å². The van der Waals surface area contributed by atoms with E-state index in [4.69, 9.17) is 5.11 Å². The van der Waals surface area contributed by atoms with Crippen molar-refractivity contribution < 1.29 is 9.90 Å². The van der Waals surface area contributed by atoms with E-state index in [1.54, 1.807) is 0 Å². The van der Waals surface area contributed by atoms with Gasteiger partial charge >= 0.3 is 5.97 Å². The summed E-state index contributed by atoms with van der Waals surface area (Å²) in [6, 6.07) is 6.65. The number of carboxylic acids is 1. The van der Waals surface area contributed by atoms with Crippen LogP contribution in [0.4, 0.5) is 5.13 Å². The van der Waals surface area contributed by atoms with Gasteiger partial charge in [0, 0.05) is 22.3 Å². The van der Waals surface area contributed by atoms with Crippen LogP contribution >= 0.6 is 23.3 Å². The van der Waals surface area contributed by atoms with E-state index < -0.39 is 12.0 Å². The number of aromatic nitrogens is 1. The Morgan fingerprint density at radius 3 is 3.00 bits per heavy atom. The maximum absolute atomic E-state index is 11.0. The molecule has 0 aliphatic carbocycles. The number of hydrogen-bond acceptors (Lipinski definition) is 7. The molecule has 0 radical (unpaired) electrons. The van der Waals surface area contributed by atoms with Gasteiger partial charge in [0.25, 0.3) is 0 Å². The first-order chi connectivity index (χ1) is 8.70. The fourth-order valence-electron chi connectivity index (χ4n) is 1.36. The van der Waals surface area contributed by atoms with Crippen LogP contribution in [-0.4, -0.2) is 27.9 Å². The highest BCUT2D eigenvalue weighted by molar-refractivity contribution is 7.97. The molecule has 0 fully saturated rings. The van der Waals surface area contributed by atoms with Crippen LogP contribution in [0.15, 0.2) is 28.8 Å². The molecule has 2 rings (SSSR count). The van der Waals surface area contributed by atoms with Crippen LogP contribution in [0, 0.1) is 4.91 Å². The number of aliphatic carboxylic acids is 1. The van der Waals surface area contributed by atoms with Crippen LogP contribution in [0.2, 0.25) is 0 Å². The van der Waals surface area contributed by atoms with Gasteiger partial charge in [-0.1, -0.05) is 23.5 Å². The van der Waals surface area contributed by atoms with Gasteiger partial charge in [0.2, 0.25) is 0 Å². The third-order valence-corrected chi connectivity index (χ3v) is 3.74. The fourth-order valence-corrected chi connectivity index (χ4v) is 2.72. The van der Waals surface area contributed by atoms with Crippen LogP contribution in [0.5, 0.6) is 0 Å². The molecule has 0 aliphatic heterocycles. The summed E-state index contributed by atoms with van der Waals surface area (Å²) in [4.78, 5) is 25.3. The number of para-hydroxylation sites is 1. The first-order valence-electron chi connectivity index (χ1n) is 5.00. The number of benzene rings is 1. The molecule has 94 valence electrons. The second kappa shape index (κ2) is 5.78. The van der Waals surface area contributed by atoms with Gasteiger partial charge in [0.05, 0.1) is 10.2 Å². The molecular formula is C10H9N3O3S2. The van der Waals surface area contributed by atoms with Crippen molar-refractivity contribution in [3.8, 4) is 0 Å². The van der Waals surface area contributed by atoms with Gasteiger partial charge < -0.3 is 10.4 Å². The maximum atomic E-state index is 11.0. The van der Waals surface area contributed by atoms with Crippen LogP contribution in [0.1, 0.15) is 0 Å². The molecule has 2 N–H and O–H groups in total. The van der Waals surface area contributed by atoms with E-state index in [0.29, 0.717) is 17.1 Å². The monoisotopic (exact) mass is 283 g/mol. The fraction of sp³-hybridized carbons (Fsp3) is 0.200. The predicted molar refractivity (Wildman–Crippen MR) is 72.9 cm³/mol. The number of carbonyl (C=O) groups is 1. The van der Waals surface area contributed by atoms with Gasteiger partial charge in [-0.25, -0.2) is 9.78 Å². The molecule has 1 atom stereocenters. The summed E-state index contributed by atoms with van der Waals surface area (Å²) in [5, 5.41) is 12.3. The number of carboxylic acid groups (broad SMARTS) is 1. The Morgan fingerprint density at radius 2 is 2.33 bits per heavy atom. The number of rotatable bonds is 6. The standard InChI is InChI=1S/C10H9N3O3S2/c14-9(15)7(5-17-13-16)12-10-11-6-3-1-2-4-8(6)18-10/h1-4,7H,5H2,(H,11,12)(H,14,15). The Morgan fingerprint density at radius 1 is 1.56 bits per heavy atom. The number of thiazole rings is 1. The molecule has 0 bridgehead atoms. The number of hydrogen-bond donors (Lipinski definition) is 2. The SMILES string of the molecule is O=NSCC(Nc1nc2ccccc2s1)C(=O)O. The van der Waals surface area contributed by atoms with Gasteiger partial charge in [0.1, 0.15) is 6.04 Å². The second-order valence-electron chi connectivity index (χ2n) is 3.39. The maximum Gasteiger partial charge on any atom is 0.327 e. The second-order valence-corrected chi connectivity index (χ2v) is 5.16. The Bertz CT molecular complexity index is 539. The van der Waals surface area contributed by atoms with E-state index in [0.717, 1.165) is 10.2 Å². The molecule has 1 unspecified atom stereocenters. The number of fused-ring (bicyclic) bond motifs is 1. The molecule has 0 saturated heterocycles. The lowest BCUT2D eigenvalue weighted by atomic mass is 10.3. The molecule has 6 nitrogen and oxygen atoms in total. The Hall–Kier alpha value is -1.67. The van der Waals surface area contributed by atoms with Crippen molar-refractivity contribution >= 4 is 44.6 Å². The quantitative estimate of drug-likeness (QED) is 0.625. The zero-order valence-corrected chi connectivity index (χ0v) is 10.7. The van der Waals surface area contributed by atoms with E-state index in [9.17, 15) is 9.70 Å². The van der Waals surface area contributed by atoms with Crippen molar-refractivity contribution in [3.05, 3.63) is 29.2 Å². The number of nitrogens with one attached hydrogen (secondary N) is 1. The van der Waals surface area contributed by atoms with Crippen LogP contribution in [0.3, 0.4) is 0 Å². The van der Waals surface area contributed by atoms with Gasteiger partial charge in [-0.2, -0.15) is 0 Å². The average molecular weight is 283 g/mol.